The van der Waals surface area contributed by atoms with Crippen molar-refractivity contribution in [2.24, 2.45) is 0 Å². The van der Waals surface area contributed by atoms with Crippen molar-refractivity contribution in [3.05, 3.63) is 23.9 Å². The maximum atomic E-state index is 11.0. The number of hydrogen-bond acceptors (Lipinski definition) is 3. The van der Waals surface area contributed by atoms with Gasteiger partial charge < -0.3 is 4.90 Å². The van der Waals surface area contributed by atoms with Crippen molar-refractivity contribution in [2.75, 3.05) is 6.54 Å². The van der Waals surface area contributed by atoms with Gasteiger partial charge in [0.2, 0.25) is 6.41 Å². The van der Waals surface area contributed by atoms with Gasteiger partial charge in [-0.1, -0.05) is 19.9 Å². The van der Waals surface area contributed by atoms with Crippen molar-refractivity contribution in [1.29, 1.82) is 0 Å². The fraction of sp³-hybridized carbons (Fsp3) is 0.538. The monoisotopic (exact) mass is 250 g/mol. The minimum Gasteiger partial charge on any atom is -0.338 e. The Bertz CT molecular complexity index is 395. The molecule has 92 valence electrons. The highest BCUT2D eigenvalue weighted by molar-refractivity contribution is 7.99. The van der Waals surface area contributed by atoms with Gasteiger partial charge in [0.05, 0.1) is 6.04 Å². The van der Waals surface area contributed by atoms with Crippen LogP contribution in [0.5, 0.6) is 0 Å². The van der Waals surface area contributed by atoms with Crippen molar-refractivity contribution in [3.8, 4) is 0 Å². The number of nitrogens with zero attached hydrogens (tertiary/aromatic N) is 2. The van der Waals surface area contributed by atoms with E-state index in [0.29, 0.717) is 5.25 Å². The Morgan fingerprint density at radius 1 is 1.59 bits per heavy atom. The third-order valence-electron chi connectivity index (χ3n) is 2.94. The van der Waals surface area contributed by atoms with E-state index in [1.807, 2.05) is 17.2 Å². The summed E-state index contributed by atoms with van der Waals surface area (Å²) in [5.41, 5.74) is 1.20. The second kappa shape index (κ2) is 5.54. The maximum absolute atomic E-state index is 11.0. The Balaban J connectivity index is 2.27. The summed E-state index contributed by atoms with van der Waals surface area (Å²) in [6.07, 6.45) is 4.93. The fourth-order valence-corrected chi connectivity index (χ4v) is 3.14. The normalized spacial score (nSPS) is 19.9. The molecule has 1 saturated heterocycles. The van der Waals surface area contributed by atoms with E-state index in [-0.39, 0.29) is 6.04 Å². The van der Waals surface area contributed by atoms with Gasteiger partial charge in [0, 0.05) is 23.6 Å². The highest BCUT2D eigenvalue weighted by Gasteiger charge is 2.27. The lowest BCUT2D eigenvalue weighted by Crippen LogP contribution is -2.21. The molecule has 0 unspecified atom stereocenters. The molecule has 1 atom stereocenters. The Labute approximate surface area is 107 Å². The third kappa shape index (κ3) is 2.80. The highest BCUT2D eigenvalue weighted by atomic mass is 32.2. The molecule has 1 fully saturated rings. The van der Waals surface area contributed by atoms with Crippen LogP contribution in [0.15, 0.2) is 23.4 Å². The van der Waals surface area contributed by atoms with Gasteiger partial charge in [-0.25, -0.2) is 4.98 Å². The number of aromatic nitrogens is 1. The van der Waals surface area contributed by atoms with Gasteiger partial charge in [-0.05, 0) is 18.9 Å². The molecule has 1 aliphatic rings. The van der Waals surface area contributed by atoms with Crippen LogP contribution in [0.1, 0.15) is 38.3 Å². The number of hydrogen-bond donors (Lipinski definition) is 0. The van der Waals surface area contributed by atoms with Crippen LogP contribution in [0.25, 0.3) is 0 Å². The van der Waals surface area contributed by atoms with E-state index in [2.05, 4.69) is 24.9 Å². The van der Waals surface area contributed by atoms with Crippen LogP contribution in [-0.4, -0.2) is 28.1 Å². The number of rotatable bonds is 4. The molecule has 2 heterocycles. The molecule has 1 aliphatic heterocycles. The first-order valence-electron chi connectivity index (χ1n) is 6.05. The molecule has 3 nitrogen and oxygen atoms in total. The van der Waals surface area contributed by atoms with Gasteiger partial charge >= 0.3 is 0 Å². The second-order valence-corrected chi connectivity index (χ2v) is 6.13. The average Bonchev–Trinajstić information content (AvgIpc) is 2.77. The lowest BCUT2D eigenvalue weighted by Gasteiger charge is -2.22. The minimum absolute atomic E-state index is 0.224. The van der Waals surface area contributed by atoms with Crippen molar-refractivity contribution < 1.29 is 4.79 Å². The summed E-state index contributed by atoms with van der Waals surface area (Å²) in [4.78, 5) is 17.4. The topological polar surface area (TPSA) is 33.2 Å². The summed E-state index contributed by atoms with van der Waals surface area (Å²) in [5.74, 6) is 0. The molecule has 1 amide bonds. The predicted octanol–water partition coefficient (Wildman–Crippen LogP) is 2.88. The molecule has 1 aromatic rings. The number of carbonyl (C=O) groups is 1. The SMILES string of the molecule is CC(C)Sc1ncccc1[C@H]1CCCN1C=O. The molecule has 0 spiro atoms. The molecule has 0 saturated carbocycles. The van der Waals surface area contributed by atoms with E-state index >= 15 is 0 Å². The summed E-state index contributed by atoms with van der Waals surface area (Å²) in [5, 5.41) is 1.58. The van der Waals surface area contributed by atoms with Crippen LogP contribution in [0.2, 0.25) is 0 Å². The molecule has 0 bridgehead atoms. The Hall–Kier alpha value is -1.03. The summed E-state index contributed by atoms with van der Waals surface area (Å²) >= 11 is 1.77. The highest BCUT2D eigenvalue weighted by Crippen LogP contribution is 2.36. The number of likely N-dealkylation sites (tertiary alicyclic amines) is 1. The van der Waals surface area contributed by atoms with Crippen molar-refractivity contribution >= 4 is 18.2 Å². The third-order valence-corrected chi connectivity index (χ3v) is 3.97. The van der Waals surface area contributed by atoms with Crippen molar-refractivity contribution in [1.82, 2.24) is 9.88 Å². The Kier molecular flexibility index (Phi) is 4.05. The van der Waals surface area contributed by atoms with Crippen LogP contribution in [0.4, 0.5) is 0 Å². The van der Waals surface area contributed by atoms with E-state index in [1.54, 1.807) is 11.8 Å². The zero-order valence-electron chi connectivity index (χ0n) is 10.3. The first-order valence-corrected chi connectivity index (χ1v) is 6.93. The van der Waals surface area contributed by atoms with E-state index < -0.39 is 0 Å². The van der Waals surface area contributed by atoms with Gasteiger partial charge in [-0.3, -0.25) is 4.79 Å². The number of carbonyl (C=O) groups excluding carboxylic acids is 1. The average molecular weight is 250 g/mol. The molecule has 17 heavy (non-hydrogen) atoms. The summed E-state index contributed by atoms with van der Waals surface area (Å²) in [6, 6.07) is 4.29. The lowest BCUT2D eigenvalue weighted by molar-refractivity contribution is -0.118. The van der Waals surface area contributed by atoms with Crippen LogP contribution >= 0.6 is 11.8 Å². The smallest absolute Gasteiger partial charge is 0.210 e. The van der Waals surface area contributed by atoms with Crippen LogP contribution in [0.3, 0.4) is 0 Å². The van der Waals surface area contributed by atoms with Crippen LogP contribution < -0.4 is 0 Å². The zero-order chi connectivity index (χ0) is 12.3. The van der Waals surface area contributed by atoms with E-state index in [4.69, 9.17) is 0 Å². The van der Waals surface area contributed by atoms with Gasteiger partial charge in [-0.15, -0.1) is 11.8 Å². The standard InChI is InChI=1S/C13H18N2OS/c1-10(2)17-13-11(5-3-7-14-13)12-6-4-8-15(12)9-16/h3,5,7,9-10,12H,4,6,8H2,1-2H3/t12-/m1/s1. The minimum atomic E-state index is 0.224. The summed E-state index contributed by atoms with van der Waals surface area (Å²) in [7, 11) is 0. The Morgan fingerprint density at radius 2 is 2.41 bits per heavy atom. The number of amides is 1. The second-order valence-electron chi connectivity index (χ2n) is 4.57. The molecule has 0 N–H and O–H groups in total. The predicted molar refractivity (Wildman–Crippen MR) is 70.0 cm³/mol. The largest absolute Gasteiger partial charge is 0.338 e. The van der Waals surface area contributed by atoms with Gasteiger partial charge in [0.25, 0.3) is 0 Å². The fourth-order valence-electron chi connectivity index (χ4n) is 2.23. The molecule has 0 radical (unpaired) electrons. The molecular weight excluding hydrogens is 232 g/mol. The van der Waals surface area contributed by atoms with E-state index in [1.165, 1.54) is 5.56 Å². The molecule has 1 aromatic heterocycles. The molecule has 0 aromatic carbocycles. The van der Waals surface area contributed by atoms with E-state index in [0.717, 1.165) is 30.8 Å². The zero-order valence-corrected chi connectivity index (χ0v) is 11.1. The summed E-state index contributed by atoms with van der Waals surface area (Å²) < 4.78 is 0. The van der Waals surface area contributed by atoms with E-state index in [9.17, 15) is 4.79 Å². The first-order chi connectivity index (χ1) is 8.22. The van der Waals surface area contributed by atoms with Gasteiger partial charge in [0.15, 0.2) is 0 Å². The Morgan fingerprint density at radius 3 is 3.12 bits per heavy atom. The maximum Gasteiger partial charge on any atom is 0.210 e. The van der Waals surface area contributed by atoms with Crippen LogP contribution in [0, 0.1) is 0 Å². The molecule has 4 heteroatoms. The quantitative estimate of drug-likeness (QED) is 0.608. The molecular formula is C13H18N2OS. The van der Waals surface area contributed by atoms with Crippen molar-refractivity contribution in [2.45, 2.75) is 43.0 Å². The van der Waals surface area contributed by atoms with Crippen molar-refractivity contribution in [3.63, 3.8) is 0 Å². The lowest BCUT2D eigenvalue weighted by atomic mass is 10.1. The van der Waals surface area contributed by atoms with Gasteiger partial charge in [0.1, 0.15) is 5.03 Å². The molecule has 2 rings (SSSR count). The van der Waals surface area contributed by atoms with Gasteiger partial charge in [-0.2, -0.15) is 0 Å². The number of pyridine rings is 1. The van der Waals surface area contributed by atoms with Crippen LogP contribution in [-0.2, 0) is 4.79 Å². The number of thioether (sulfide) groups is 1. The molecule has 0 aliphatic carbocycles. The summed E-state index contributed by atoms with van der Waals surface area (Å²) in [6.45, 7) is 5.19. The first kappa shape index (κ1) is 12.4.